The molecule has 2 atom stereocenters. The lowest BCUT2D eigenvalue weighted by Gasteiger charge is -2.38. The Morgan fingerprint density at radius 2 is 2.00 bits per heavy atom. The summed E-state index contributed by atoms with van der Waals surface area (Å²) >= 11 is 0. The highest BCUT2D eigenvalue weighted by Gasteiger charge is 2.34. The zero-order valence-corrected chi connectivity index (χ0v) is 15.8. The highest BCUT2D eigenvalue weighted by atomic mass is 19.4. The Kier molecular flexibility index (Phi) is 5.55. The normalized spacial score (nSPS) is 20.1. The van der Waals surface area contributed by atoms with Crippen LogP contribution < -0.4 is 4.90 Å². The minimum absolute atomic E-state index is 0.137. The van der Waals surface area contributed by atoms with Crippen LogP contribution in [-0.4, -0.2) is 54.1 Å². The van der Waals surface area contributed by atoms with Crippen LogP contribution in [0.2, 0.25) is 0 Å². The first-order valence-electron chi connectivity index (χ1n) is 8.76. The molecule has 0 spiro atoms. The van der Waals surface area contributed by atoms with Crippen LogP contribution in [-0.2, 0) is 10.9 Å². The number of anilines is 1. The molecule has 0 saturated carbocycles. The van der Waals surface area contributed by atoms with E-state index < -0.39 is 17.8 Å². The number of carbonyl (C=O) groups is 1. The van der Waals surface area contributed by atoms with Crippen LogP contribution in [0.1, 0.15) is 34.6 Å². The van der Waals surface area contributed by atoms with E-state index in [0.717, 1.165) is 12.1 Å². The second-order valence-electron chi connectivity index (χ2n) is 6.91. The average molecular weight is 394 g/mol. The van der Waals surface area contributed by atoms with Gasteiger partial charge in [-0.3, -0.25) is 4.79 Å². The molecule has 0 radical (unpaired) electrons. The topological polar surface area (TPSA) is 58.6 Å². The molecule has 0 bridgehead atoms. The Balaban J connectivity index is 1.80. The van der Waals surface area contributed by atoms with Gasteiger partial charge >= 0.3 is 6.18 Å². The van der Waals surface area contributed by atoms with Gasteiger partial charge < -0.3 is 14.5 Å². The zero-order chi connectivity index (χ0) is 20.5. The Labute approximate surface area is 160 Å². The number of hydrogen-bond donors (Lipinski definition) is 0. The quantitative estimate of drug-likeness (QED) is 0.801. The van der Waals surface area contributed by atoms with Crippen molar-refractivity contribution >= 4 is 11.7 Å². The molecule has 1 amide bonds. The van der Waals surface area contributed by atoms with E-state index in [1.807, 2.05) is 21.0 Å². The van der Waals surface area contributed by atoms with Crippen molar-refractivity contribution < 1.29 is 22.7 Å². The lowest BCUT2D eigenvalue weighted by molar-refractivity contribution is -0.137. The molecule has 1 aliphatic rings. The number of carbonyl (C=O) groups excluding carboxylic acids is 1. The summed E-state index contributed by atoms with van der Waals surface area (Å²) in [7, 11) is 3.63. The van der Waals surface area contributed by atoms with Crippen molar-refractivity contribution in [2.24, 2.45) is 0 Å². The largest absolute Gasteiger partial charge is 0.416 e. The van der Waals surface area contributed by atoms with Crippen molar-refractivity contribution in [1.82, 2.24) is 14.9 Å². The molecular formula is C19H21F3N4O2. The fraction of sp³-hybridized carbons (Fsp3) is 0.421. The van der Waals surface area contributed by atoms with Crippen LogP contribution in [0, 0.1) is 0 Å². The molecule has 0 N–H and O–H groups in total. The molecule has 2 heterocycles. The lowest BCUT2D eigenvalue weighted by Crippen LogP contribution is -2.48. The number of aromatic nitrogens is 2. The molecule has 3 rings (SSSR count). The Bertz CT molecular complexity index is 840. The number of halogens is 3. The number of morpholine rings is 1. The van der Waals surface area contributed by atoms with Crippen molar-refractivity contribution in [3.8, 4) is 0 Å². The first kappa shape index (κ1) is 20.1. The highest BCUT2D eigenvalue weighted by Crippen LogP contribution is 2.33. The third-order valence-corrected chi connectivity index (χ3v) is 4.60. The van der Waals surface area contributed by atoms with Gasteiger partial charge in [0.2, 0.25) is 0 Å². The van der Waals surface area contributed by atoms with Crippen LogP contribution >= 0.6 is 0 Å². The van der Waals surface area contributed by atoms with E-state index in [2.05, 4.69) is 9.97 Å². The molecule has 0 aliphatic carbocycles. The van der Waals surface area contributed by atoms with Crippen LogP contribution in [0.3, 0.4) is 0 Å². The van der Waals surface area contributed by atoms with E-state index in [1.165, 1.54) is 18.5 Å². The molecule has 1 aromatic carbocycles. The van der Waals surface area contributed by atoms with Gasteiger partial charge in [0.25, 0.3) is 5.91 Å². The van der Waals surface area contributed by atoms with Crippen molar-refractivity contribution in [3.63, 3.8) is 0 Å². The average Bonchev–Trinajstić information content (AvgIpc) is 2.67. The Morgan fingerprint density at radius 3 is 2.61 bits per heavy atom. The number of ether oxygens (including phenoxy) is 1. The maximum absolute atomic E-state index is 13.0. The van der Waals surface area contributed by atoms with Gasteiger partial charge in [-0.1, -0.05) is 12.1 Å². The molecule has 2 unspecified atom stereocenters. The molecule has 1 aliphatic heterocycles. The zero-order valence-electron chi connectivity index (χ0n) is 15.8. The summed E-state index contributed by atoms with van der Waals surface area (Å²) in [5.74, 6) is 0.291. The molecule has 1 fully saturated rings. The first-order valence-corrected chi connectivity index (χ1v) is 8.76. The van der Waals surface area contributed by atoms with Crippen LogP contribution in [0.4, 0.5) is 19.0 Å². The van der Waals surface area contributed by atoms with Crippen LogP contribution in [0.15, 0.2) is 36.7 Å². The summed E-state index contributed by atoms with van der Waals surface area (Å²) in [6, 6.07) is 4.76. The minimum Gasteiger partial charge on any atom is -0.370 e. The summed E-state index contributed by atoms with van der Waals surface area (Å²) in [5, 5.41) is 0. The van der Waals surface area contributed by atoms with Gasteiger partial charge in [-0.15, -0.1) is 0 Å². The van der Waals surface area contributed by atoms with E-state index in [1.54, 1.807) is 15.9 Å². The van der Waals surface area contributed by atoms with Gasteiger partial charge in [-0.25, -0.2) is 9.97 Å². The number of alkyl halides is 3. The molecule has 1 saturated heterocycles. The molecule has 6 nitrogen and oxygen atoms in total. The van der Waals surface area contributed by atoms with E-state index in [0.29, 0.717) is 11.4 Å². The Morgan fingerprint density at radius 1 is 1.25 bits per heavy atom. The monoisotopic (exact) mass is 394 g/mol. The number of nitrogens with zero attached hydrogens (tertiary/aromatic N) is 4. The third-order valence-electron chi connectivity index (χ3n) is 4.60. The highest BCUT2D eigenvalue weighted by molar-refractivity contribution is 5.92. The van der Waals surface area contributed by atoms with Crippen molar-refractivity contribution in [1.29, 1.82) is 0 Å². The van der Waals surface area contributed by atoms with Crippen LogP contribution in [0.5, 0.6) is 0 Å². The van der Waals surface area contributed by atoms with E-state index >= 15 is 0 Å². The lowest BCUT2D eigenvalue weighted by atomic mass is 10.0. The van der Waals surface area contributed by atoms with Gasteiger partial charge in [-0.2, -0.15) is 13.2 Å². The van der Waals surface area contributed by atoms with E-state index in [-0.39, 0.29) is 30.8 Å². The van der Waals surface area contributed by atoms with Gasteiger partial charge in [-0.05, 0) is 24.6 Å². The molecular weight excluding hydrogens is 373 g/mol. The van der Waals surface area contributed by atoms with E-state index in [9.17, 15) is 18.0 Å². The van der Waals surface area contributed by atoms with Crippen LogP contribution in [0.25, 0.3) is 0 Å². The smallest absolute Gasteiger partial charge is 0.370 e. The van der Waals surface area contributed by atoms with E-state index in [4.69, 9.17) is 4.74 Å². The fourth-order valence-corrected chi connectivity index (χ4v) is 2.97. The van der Waals surface area contributed by atoms with Crippen molar-refractivity contribution in [3.05, 3.63) is 53.5 Å². The summed E-state index contributed by atoms with van der Waals surface area (Å²) in [5.41, 5.74) is -0.175. The maximum atomic E-state index is 13.0. The van der Waals surface area contributed by atoms with Gasteiger partial charge in [0, 0.05) is 14.1 Å². The summed E-state index contributed by atoms with van der Waals surface area (Å²) < 4.78 is 44.7. The third kappa shape index (κ3) is 4.24. The Hall–Kier alpha value is -2.68. The molecule has 28 heavy (non-hydrogen) atoms. The first-order chi connectivity index (χ1) is 13.2. The second-order valence-corrected chi connectivity index (χ2v) is 6.91. The molecule has 2 aromatic rings. The van der Waals surface area contributed by atoms with Gasteiger partial charge in [0.1, 0.15) is 17.6 Å². The number of rotatable bonds is 3. The fourth-order valence-electron chi connectivity index (χ4n) is 2.97. The number of hydrogen-bond acceptors (Lipinski definition) is 5. The predicted molar refractivity (Wildman–Crippen MR) is 97.0 cm³/mol. The molecule has 9 heteroatoms. The summed E-state index contributed by atoms with van der Waals surface area (Å²) in [6.07, 6.45) is -2.17. The molecule has 1 aromatic heterocycles. The number of benzene rings is 1. The maximum Gasteiger partial charge on any atom is 0.416 e. The van der Waals surface area contributed by atoms with Crippen molar-refractivity contribution in [2.75, 3.05) is 32.1 Å². The summed E-state index contributed by atoms with van der Waals surface area (Å²) in [4.78, 5) is 24.6. The van der Waals surface area contributed by atoms with Gasteiger partial charge in [0.05, 0.1) is 37.2 Å². The molecule has 150 valence electrons. The van der Waals surface area contributed by atoms with Crippen molar-refractivity contribution in [2.45, 2.75) is 25.2 Å². The minimum atomic E-state index is -4.43. The van der Waals surface area contributed by atoms with Gasteiger partial charge in [0.15, 0.2) is 0 Å². The standard InChI is InChI=1S/C19H21F3N4O2/c1-12-11-28-16(13-5-4-6-14(7-13)19(20,21)22)10-26(12)18(27)15-8-24-17(9-23-15)25(2)3/h4-9,12,16H,10-11H2,1-3H3. The summed E-state index contributed by atoms with van der Waals surface area (Å²) in [6.45, 7) is 2.18. The second kappa shape index (κ2) is 7.75. The number of amides is 1. The SMILES string of the molecule is CC1COC(c2cccc(C(F)(F)F)c2)CN1C(=O)c1cnc(N(C)C)cn1. The predicted octanol–water partition coefficient (Wildman–Crippen LogP) is 3.16.